The van der Waals surface area contributed by atoms with Crippen molar-refractivity contribution in [1.82, 2.24) is 0 Å². The summed E-state index contributed by atoms with van der Waals surface area (Å²) in [5.74, 6) is -0.736. The molecule has 5 heteroatoms. The molecule has 0 amide bonds. The molecule has 0 fully saturated rings. The lowest BCUT2D eigenvalue weighted by Crippen LogP contribution is -1.88. The predicted molar refractivity (Wildman–Crippen MR) is 76.9 cm³/mol. The fraction of sp³-hybridized carbons (Fsp3) is 0.0714. The first-order chi connectivity index (χ1) is 9.13. The second kappa shape index (κ2) is 6.54. The van der Waals surface area contributed by atoms with Gasteiger partial charge in [0.25, 0.3) is 0 Å². The van der Waals surface area contributed by atoms with Crippen LogP contribution < -0.4 is 0 Å². The largest absolute Gasteiger partial charge is 0.478 e. The summed E-state index contributed by atoms with van der Waals surface area (Å²) < 4.78 is 14.6. The normalized spacial score (nSPS) is 11.0. The van der Waals surface area contributed by atoms with Crippen molar-refractivity contribution in [2.45, 2.75) is 9.96 Å². The second-order valence-corrected chi connectivity index (χ2v) is 6.01. The molecule has 1 aromatic heterocycles. The number of hydrogen-bond acceptors (Lipinski definition) is 3. The smallest absolute Gasteiger partial charge is 0.328 e. The van der Waals surface area contributed by atoms with Crippen LogP contribution in [-0.2, 0) is 10.5 Å². The molecule has 0 unspecified atom stereocenters. The highest BCUT2D eigenvalue weighted by Gasteiger charge is 2.02. The van der Waals surface area contributed by atoms with E-state index in [1.165, 1.54) is 22.4 Å². The van der Waals surface area contributed by atoms with Gasteiger partial charge in [0.05, 0.1) is 4.21 Å². The van der Waals surface area contributed by atoms with Crippen LogP contribution in [0.3, 0.4) is 0 Å². The van der Waals surface area contributed by atoms with E-state index in [4.69, 9.17) is 5.11 Å². The SMILES string of the molecule is O=C(O)C=Cc1cc(F)cc(CSc2cccs2)c1. The lowest BCUT2D eigenvalue weighted by atomic mass is 10.1. The van der Waals surface area contributed by atoms with Crippen LogP contribution in [0.5, 0.6) is 0 Å². The van der Waals surface area contributed by atoms with Crippen molar-refractivity contribution in [3.8, 4) is 0 Å². The summed E-state index contributed by atoms with van der Waals surface area (Å²) in [5, 5.41) is 10.6. The van der Waals surface area contributed by atoms with E-state index in [1.807, 2.05) is 17.5 Å². The van der Waals surface area contributed by atoms with E-state index in [-0.39, 0.29) is 5.82 Å². The van der Waals surface area contributed by atoms with E-state index < -0.39 is 5.97 Å². The van der Waals surface area contributed by atoms with Crippen molar-refractivity contribution in [3.05, 3.63) is 58.7 Å². The van der Waals surface area contributed by atoms with Gasteiger partial charge in [-0.05, 0) is 40.8 Å². The maximum atomic E-state index is 13.4. The lowest BCUT2D eigenvalue weighted by molar-refractivity contribution is -0.131. The number of hydrogen-bond donors (Lipinski definition) is 1. The molecule has 1 aromatic carbocycles. The summed E-state index contributed by atoms with van der Waals surface area (Å²) in [6, 6.07) is 8.57. The summed E-state index contributed by atoms with van der Waals surface area (Å²) in [6.07, 6.45) is 2.40. The third-order valence-electron chi connectivity index (χ3n) is 2.27. The fourth-order valence-electron chi connectivity index (χ4n) is 1.52. The van der Waals surface area contributed by atoms with Crippen molar-refractivity contribution in [2.75, 3.05) is 0 Å². The number of halogens is 1. The average Bonchev–Trinajstić information content (AvgIpc) is 2.86. The molecule has 0 bridgehead atoms. The molecule has 0 aliphatic heterocycles. The molecular weight excluding hydrogens is 283 g/mol. The minimum Gasteiger partial charge on any atom is -0.478 e. The van der Waals surface area contributed by atoms with Crippen LogP contribution in [0.15, 0.2) is 46.0 Å². The van der Waals surface area contributed by atoms with Crippen LogP contribution in [0.4, 0.5) is 4.39 Å². The van der Waals surface area contributed by atoms with Crippen molar-refractivity contribution in [2.24, 2.45) is 0 Å². The maximum Gasteiger partial charge on any atom is 0.328 e. The summed E-state index contributed by atoms with van der Waals surface area (Å²) >= 11 is 3.28. The zero-order valence-corrected chi connectivity index (χ0v) is 11.5. The van der Waals surface area contributed by atoms with Crippen LogP contribution in [0, 0.1) is 5.82 Å². The molecule has 0 spiro atoms. The number of rotatable bonds is 5. The van der Waals surface area contributed by atoms with E-state index in [0.717, 1.165) is 11.6 Å². The van der Waals surface area contributed by atoms with Gasteiger partial charge in [-0.2, -0.15) is 0 Å². The third kappa shape index (κ3) is 4.54. The first kappa shape index (κ1) is 13.8. The number of carbonyl (C=O) groups is 1. The van der Waals surface area contributed by atoms with Crippen LogP contribution >= 0.6 is 23.1 Å². The molecule has 1 N–H and O–H groups in total. The second-order valence-electron chi connectivity index (χ2n) is 3.79. The highest BCUT2D eigenvalue weighted by molar-refractivity contribution is 8.00. The molecule has 0 saturated heterocycles. The molecule has 0 saturated carbocycles. The highest BCUT2D eigenvalue weighted by Crippen LogP contribution is 2.27. The zero-order chi connectivity index (χ0) is 13.7. The Labute approximate surface area is 118 Å². The predicted octanol–water partition coefficient (Wildman–Crippen LogP) is 4.28. The molecule has 0 aliphatic carbocycles. The van der Waals surface area contributed by atoms with Gasteiger partial charge in [-0.25, -0.2) is 9.18 Å². The highest BCUT2D eigenvalue weighted by atomic mass is 32.2. The van der Waals surface area contributed by atoms with E-state index in [2.05, 4.69) is 0 Å². The van der Waals surface area contributed by atoms with E-state index in [1.54, 1.807) is 29.2 Å². The van der Waals surface area contributed by atoms with Crippen molar-refractivity contribution in [3.63, 3.8) is 0 Å². The number of thiophene rings is 1. The van der Waals surface area contributed by atoms with Crippen molar-refractivity contribution >= 4 is 35.1 Å². The maximum absolute atomic E-state index is 13.4. The van der Waals surface area contributed by atoms with Gasteiger partial charge >= 0.3 is 5.97 Å². The van der Waals surface area contributed by atoms with Crippen molar-refractivity contribution < 1.29 is 14.3 Å². The van der Waals surface area contributed by atoms with E-state index in [9.17, 15) is 9.18 Å². The summed E-state index contributed by atoms with van der Waals surface area (Å²) in [5.41, 5.74) is 1.40. The van der Waals surface area contributed by atoms with Crippen LogP contribution in [0.1, 0.15) is 11.1 Å². The van der Waals surface area contributed by atoms with Gasteiger partial charge in [0, 0.05) is 11.8 Å². The number of carboxylic acid groups (broad SMARTS) is 1. The van der Waals surface area contributed by atoms with E-state index >= 15 is 0 Å². The summed E-state index contributed by atoms with van der Waals surface area (Å²) in [6.45, 7) is 0. The molecule has 2 rings (SSSR count). The molecular formula is C14H11FO2S2. The van der Waals surface area contributed by atoms with Gasteiger partial charge in [0.15, 0.2) is 0 Å². The minimum absolute atomic E-state index is 0.352. The number of aliphatic carboxylic acids is 1. The fourth-order valence-corrected chi connectivity index (χ4v) is 3.24. The number of thioether (sulfide) groups is 1. The third-order valence-corrected chi connectivity index (χ3v) is 4.48. The Kier molecular flexibility index (Phi) is 4.76. The van der Waals surface area contributed by atoms with Gasteiger partial charge in [-0.3, -0.25) is 0 Å². The Morgan fingerprint density at radius 3 is 2.95 bits per heavy atom. The van der Waals surface area contributed by atoms with Gasteiger partial charge in [-0.1, -0.05) is 12.1 Å². The Balaban J connectivity index is 2.10. The molecule has 98 valence electrons. The monoisotopic (exact) mass is 294 g/mol. The summed E-state index contributed by atoms with van der Waals surface area (Å²) in [7, 11) is 0. The Morgan fingerprint density at radius 1 is 1.42 bits per heavy atom. The molecule has 19 heavy (non-hydrogen) atoms. The summed E-state index contributed by atoms with van der Waals surface area (Å²) in [4.78, 5) is 10.4. The quantitative estimate of drug-likeness (QED) is 0.660. The Bertz CT molecular complexity index is 591. The standard InChI is InChI=1S/C14H11FO2S2/c15-12-7-10(3-4-13(16)17)6-11(8-12)9-19-14-2-1-5-18-14/h1-8H,9H2,(H,16,17). The molecule has 2 aromatic rings. The van der Waals surface area contributed by atoms with Gasteiger partial charge in [0.2, 0.25) is 0 Å². The van der Waals surface area contributed by atoms with Crippen molar-refractivity contribution in [1.29, 1.82) is 0 Å². The van der Waals surface area contributed by atoms with Gasteiger partial charge < -0.3 is 5.11 Å². The molecule has 0 atom stereocenters. The van der Waals surface area contributed by atoms with Crippen LogP contribution in [0.2, 0.25) is 0 Å². The Hall–Kier alpha value is -1.59. The molecule has 0 radical (unpaired) electrons. The van der Waals surface area contributed by atoms with E-state index in [0.29, 0.717) is 11.3 Å². The number of benzene rings is 1. The van der Waals surface area contributed by atoms with Gasteiger partial charge in [-0.15, -0.1) is 23.1 Å². The minimum atomic E-state index is -1.04. The first-order valence-electron chi connectivity index (χ1n) is 5.50. The Morgan fingerprint density at radius 2 is 2.26 bits per heavy atom. The van der Waals surface area contributed by atoms with Crippen LogP contribution in [0.25, 0.3) is 6.08 Å². The lowest BCUT2D eigenvalue weighted by Gasteiger charge is -2.02. The average molecular weight is 294 g/mol. The first-order valence-corrected chi connectivity index (χ1v) is 7.37. The molecule has 0 aliphatic rings. The molecule has 1 heterocycles. The zero-order valence-electron chi connectivity index (χ0n) is 9.88. The number of carboxylic acids is 1. The molecule has 2 nitrogen and oxygen atoms in total. The van der Waals surface area contributed by atoms with Crippen LogP contribution in [-0.4, -0.2) is 11.1 Å². The van der Waals surface area contributed by atoms with Gasteiger partial charge in [0.1, 0.15) is 5.82 Å². The topological polar surface area (TPSA) is 37.3 Å².